The van der Waals surface area contributed by atoms with Gasteiger partial charge in [-0.2, -0.15) is 0 Å². The molecule has 0 bridgehead atoms. The van der Waals surface area contributed by atoms with Gasteiger partial charge in [0.1, 0.15) is 0 Å². The Kier molecular flexibility index (Phi) is 2.99. The molecule has 0 amide bonds. The van der Waals surface area contributed by atoms with Crippen LogP contribution in [0.15, 0.2) is 0 Å². The maximum atomic E-state index is 11.3. The van der Waals surface area contributed by atoms with E-state index in [0.29, 0.717) is 5.92 Å². The van der Waals surface area contributed by atoms with Crippen molar-refractivity contribution >= 4 is 5.97 Å². The Morgan fingerprint density at radius 3 is 2.38 bits per heavy atom. The molecule has 0 aromatic carbocycles. The summed E-state index contributed by atoms with van der Waals surface area (Å²) in [4.78, 5) is 11.3. The molecular formula is C11H20O2. The molecule has 0 aromatic heterocycles. The first-order valence-electron chi connectivity index (χ1n) is 5.25. The summed E-state index contributed by atoms with van der Waals surface area (Å²) < 4.78 is 0. The van der Waals surface area contributed by atoms with Gasteiger partial charge in [-0.15, -0.1) is 0 Å². The highest BCUT2D eigenvalue weighted by atomic mass is 16.4. The van der Waals surface area contributed by atoms with Crippen molar-refractivity contribution in [2.45, 2.75) is 46.5 Å². The van der Waals surface area contributed by atoms with E-state index in [1.807, 2.05) is 13.8 Å². The van der Waals surface area contributed by atoms with Crippen LogP contribution in [0.1, 0.15) is 46.5 Å². The summed E-state index contributed by atoms with van der Waals surface area (Å²) in [5.74, 6) is -0.00579. The van der Waals surface area contributed by atoms with Gasteiger partial charge in [-0.1, -0.05) is 33.6 Å². The van der Waals surface area contributed by atoms with Crippen LogP contribution in [-0.2, 0) is 4.79 Å². The van der Waals surface area contributed by atoms with Crippen LogP contribution in [0.3, 0.4) is 0 Å². The zero-order valence-corrected chi connectivity index (χ0v) is 8.84. The van der Waals surface area contributed by atoms with Crippen LogP contribution in [0.4, 0.5) is 0 Å². The minimum atomic E-state index is -0.588. The fourth-order valence-electron chi connectivity index (χ4n) is 2.79. The summed E-state index contributed by atoms with van der Waals surface area (Å²) in [5, 5.41) is 9.33. The summed E-state index contributed by atoms with van der Waals surface area (Å²) in [6.07, 6.45) is 4.21. The van der Waals surface area contributed by atoms with E-state index in [4.69, 9.17) is 0 Å². The van der Waals surface area contributed by atoms with Gasteiger partial charge >= 0.3 is 5.97 Å². The van der Waals surface area contributed by atoms with E-state index >= 15 is 0 Å². The molecule has 1 saturated carbocycles. The van der Waals surface area contributed by atoms with E-state index in [1.165, 1.54) is 6.42 Å². The molecule has 1 rings (SSSR count). The molecular weight excluding hydrogens is 164 g/mol. The molecule has 76 valence electrons. The van der Waals surface area contributed by atoms with E-state index in [0.717, 1.165) is 19.3 Å². The van der Waals surface area contributed by atoms with E-state index < -0.39 is 11.4 Å². The summed E-state index contributed by atoms with van der Waals surface area (Å²) in [7, 11) is 0. The van der Waals surface area contributed by atoms with Gasteiger partial charge in [0.2, 0.25) is 0 Å². The van der Waals surface area contributed by atoms with E-state index in [2.05, 4.69) is 6.92 Å². The Hall–Kier alpha value is -0.530. The monoisotopic (exact) mass is 184 g/mol. The van der Waals surface area contributed by atoms with Gasteiger partial charge in [-0.3, -0.25) is 4.79 Å². The third-order valence-corrected chi connectivity index (χ3v) is 3.79. The third-order valence-electron chi connectivity index (χ3n) is 3.79. The Balaban J connectivity index is 2.93. The van der Waals surface area contributed by atoms with Crippen molar-refractivity contribution < 1.29 is 9.90 Å². The lowest BCUT2D eigenvalue weighted by Crippen LogP contribution is -2.44. The summed E-state index contributed by atoms with van der Waals surface area (Å²) in [6, 6.07) is 0. The molecule has 13 heavy (non-hydrogen) atoms. The molecule has 0 spiro atoms. The molecule has 0 heterocycles. The second kappa shape index (κ2) is 3.69. The maximum absolute atomic E-state index is 11.3. The molecule has 2 heteroatoms. The van der Waals surface area contributed by atoms with Crippen LogP contribution in [-0.4, -0.2) is 11.1 Å². The van der Waals surface area contributed by atoms with E-state index in [-0.39, 0.29) is 5.92 Å². The van der Waals surface area contributed by atoms with Crippen LogP contribution < -0.4 is 0 Å². The van der Waals surface area contributed by atoms with Crippen molar-refractivity contribution in [3.05, 3.63) is 0 Å². The normalized spacial score (nSPS) is 34.9. The second-order valence-electron chi connectivity index (χ2n) is 4.65. The lowest BCUT2D eigenvalue weighted by Gasteiger charge is -2.42. The SMILES string of the molecule is CC(C)C1(C(=O)O)CCCCC1C. The van der Waals surface area contributed by atoms with Gasteiger partial charge in [0.25, 0.3) is 0 Å². The number of hydrogen-bond donors (Lipinski definition) is 1. The number of aliphatic carboxylic acids is 1. The van der Waals surface area contributed by atoms with Gasteiger partial charge in [0.05, 0.1) is 5.41 Å². The maximum Gasteiger partial charge on any atom is 0.310 e. The van der Waals surface area contributed by atoms with Crippen LogP contribution in [0, 0.1) is 17.3 Å². The fraction of sp³-hybridized carbons (Fsp3) is 0.909. The van der Waals surface area contributed by atoms with Crippen LogP contribution in [0.5, 0.6) is 0 Å². The Labute approximate surface area is 80.3 Å². The average molecular weight is 184 g/mol. The average Bonchev–Trinajstić information content (AvgIpc) is 2.04. The van der Waals surface area contributed by atoms with Crippen molar-refractivity contribution in [2.24, 2.45) is 17.3 Å². The molecule has 0 aromatic rings. The number of carbonyl (C=O) groups is 1. The Morgan fingerprint density at radius 2 is 2.08 bits per heavy atom. The van der Waals surface area contributed by atoms with Gasteiger partial charge in [0, 0.05) is 0 Å². The zero-order valence-electron chi connectivity index (χ0n) is 8.84. The quantitative estimate of drug-likeness (QED) is 0.716. The van der Waals surface area contributed by atoms with Gasteiger partial charge < -0.3 is 5.11 Å². The Bertz CT molecular complexity index is 198. The van der Waals surface area contributed by atoms with Crippen molar-refractivity contribution in [1.82, 2.24) is 0 Å². The molecule has 1 fully saturated rings. The smallest absolute Gasteiger partial charge is 0.310 e. The largest absolute Gasteiger partial charge is 0.481 e. The van der Waals surface area contributed by atoms with Crippen molar-refractivity contribution in [2.75, 3.05) is 0 Å². The number of carboxylic acid groups (broad SMARTS) is 1. The van der Waals surface area contributed by atoms with Gasteiger partial charge in [-0.05, 0) is 24.7 Å². The summed E-state index contributed by atoms with van der Waals surface area (Å²) in [6.45, 7) is 6.17. The molecule has 0 radical (unpaired) electrons. The van der Waals surface area contributed by atoms with Crippen molar-refractivity contribution in [3.63, 3.8) is 0 Å². The second-order valence-corrected chi connectivity index (χ2v) is 4.65. The predicted octanol–water partition coefficient (Wildman–Crippen LogP) is 2.92. The molecule has 0 aliphatic heterocycles. The molecule has 0 saturated heterocycles. The van der Waals surface area contributed by atoms with E-state index in [1.54, 1.807) is 0 Å². The molecule has 2 unspecified atom stereocenters. The standard InChI is InChI=1S/C11H20O2/c1-8(2)11(10(12)13)7-5-4-6-9(11)3/h8-9H,4-7H2,1-3H3,(H,12,13). The van der Waals surface area contributed by atoms with Crippen LogP contribution >= 0.6 is 0 Å². The lowest BCUT2D eigenvalue weighted by atomic mass is 9.61. The number of carboxylic acids is 1. The highest BCUT2D eigenvalue weighted by molar-refractivity contribution is 5.75. The number of hydrogen-bond acceptors (Lipinski definition) is 1. The van der Waals surface area contributed by atoms with Gasteiger partial charge in [0.15, 0.2) is 0 Å². The zero-order chi connectivity index (χ0) is 10.1. The van der Waals surface area contributed by atoms with Crippen LogP contribution in [0.25, 0.3) is 0 Å². The minimum Gasteiger partial charge on any atom is -0.481 e. The predicted molar refractivity (Wildman–Crippen MR) is 52.5 cm³/mol. The molecule has 2 atom stereocenters. The number of rotatable bonds is 2. The molecule has 1 N–H and O–H groups in total. The first kappa shape index (κ1) is 10.6. The Morgan fingerprint density at radius 1 is 1.46 bits per heavy atom. The minimum absolute atomic E-state index is 0.250. The third kappa shape index (κ3) is 1.59. The van der Waals surface area contributed by atoms with Crippen LogP contribution in [0.2, 0.25) is 0 Å². The van der Waals surface area contributed by atoms with E-state index in [9.17, 15) is 9.90 Å². The summed E-state index contributed by atoms with van der Waals surface area (Å²) in [5.41, 5.74) is -0.446. The highest BCUT2D eigenvalue weighted by Gasteiger charge is 2.47. The first-order valence-corrected chi connectivity index (χ1v) is 5.25. The molecule has 1 aliphatic rings. The molecule has 2 nitrogen and oxygen atoms in total. The molecule has 1 aliphatic carbocycles. The summed E-state index contributed by atoms with van der Waals surface area (Å²) >= 11 is 0. The van der Waals surface area contributed by atoms with Crippen molar-refractivity contribution in [1.29, 1.82) is 0 Å². The lowest BCUT2D eigenvalue weighted by molar-refractivity contribution is -0.158. The first-order chi connectivity index (χ1) is 6.01. The topological polar surface area (TPSA) is 37.3 Å². The highest BCUT2D eigenvalue weighted by Crippen LogP contribution is 2.46. The van der Waals surface area contributed by atoms with Gasteiger partial charge in [-0.25, -0.2) is 0 Å². The van der Waals surface area contributed by atoms with Crippen molar-refractivity contribution in [3.8, 4) is 0 Å². The fourth-order valence-corrected chi connectivity index (χ4v) is 2.79.